The number of carbonyl (C=O) groups is 1. The Kier molecular flexibility index (Phi) is 6.28. The van der Waals surface area contributed by atoms with Crippen LogP contribution in [-0.2, 0) is 6.54 Å². The van der Waals surface area contributed by atoms with Gasteiger partial charge in [-0.25, -0.2) is 0 Å². The number of amides is 1. The number of rotatable bonds is 7. The number of halogens is 1. The fraction of sp³-hybridized carbons (Fsp3) is 0.500. The molecule has 1 aromatic rings. The highest BCUT2D eigenvalue weighted by Gasteiger charge is 2.06. The van der Waals surface area contributed by atoms with Gasteiger partial charge in [0.15, 0.2) is 0 Å². The maximum Gasteiger partial charge on any atom is 0.248 e. The molecular formula is C14H22ClN3O. The molecule has 3 N–H and O–H groups in total. The fourth-order valence-electron chi connectivity index (χ4n) is 1.58. The number of hydrogen-bond donors (Lipinski definition) is 2. The second kappa shape index (κ2) is 7.48. The lowest BCUT2D eigenvalue weighted by atomic mass is 10.1. The van der Waals surface area contributed by atoms with Crippen molar-refractivity contribution in [2.45, 2.75) is 26.4 Å². The monoisotopic (exact) mass is 283 g/mol. The summed E-state index contributed by atoms with van der Waals surface area (Å²) in [7, 11) is 2.10. The van der Waals surface area contributed by atoms with Gasteiger partial charge < -0.3 is 16.0 Å². The fourth-order valence-corrected chi connectivity index (χ4v) is 1.83. The number of likely N-dealkylation sites (N-methyl/N-ethyl adjacent to an activating group) is 1. The van der Waals surface area contributed by atoms with E-state index in [2.05, 4.69) is 31.1 Å². The van der Waals surface area contributed by atoms with Crippen molar-refractivity contribution in [1.82, 2.24) is 10.2 Å². The van der Waals surface area contributed by atoms with Crippen LogP contribution in [0.1, 0.15) is 29.8 Å². The van der Waals surface area contributed by atoms with Gasteiger partial charge in [-0.2, -0.15) is 0 Å². The second-order valence-corrected chi connectivity index (χ2v) is 5.33. The minimum Gasteiger partial charge on any atom is -0.366 e. The Balaban J connectivity index is 2.44. The molecule has 0 aliphatic heterocycles. The molecule has 0 atom stereocenters. The second-order valence-electron chi connectivity index (χ2n) is 4.92. The molecule has 0 aliphatic rings. The SMILES string of the molecule is CC(C)N(C)CCNCc1ccc(C(N)=O)cc1Cl. The molecule has 0 radical (unpaired) electrons. The van der Waals surface area contributed by atoms with Crippen molar-refractivity contribution in [3.8, 4) is 0 Å². The maximum atomic E-state index is 11.0. The zero-order chi connectivity index (χ0) is 14.4. The van der Waals surface area contributed by atoms with Gasteiger partial charge in [0.25, 0.3) is 0 Å². The van der Waals surface area contributed by atoms with E-state index in [0.29, 0.717) is 23.2 Å². The van der Waals surface area contributed by atoms with Crippen LogP contribution in [0.4, 0.5) is 0 Å². The van der Waals surface area contributed by atoms with Gasteiger partial charge in [-0.15, -0.1) is 0 Å². The van der Waals surface area contributed by atoms with E-state index in [1.807, 2.05) is 6.07 Å². The lowest BCUT2D eigenvalue weighted by Gasteiger charge is -2.21. The van der Waals surface area contributed by atoms with Gasteiger partial charge in [0, 0.05) is 36.3 Å². The predicted octanol–water partition coefficient (Wildman–Crippen LogP) is 1.87. The molecule has 0 saturated heterocycles. The summed E-state index contributed by atoms with van der Waals surface area (Å²) in [5.41, 5.74) is 6.61. The highest BCUT2D eigenvalue weighted by atomic mass is 35.5. The first kappa shape index (κ1) is 16.0. The molecular weight excluding hydrogens is 262 g/mol. The van der Waals surface area contributed by atoms with Crippen molar-refractivity contribution < 1.29 is 4.79 Å². The molecule has 0 saturated carbocycles. The van der Waals surface area contributed by atoms with Crippen LogP contribution in [0, 0.1) is 0 Å². The van der Waals surface area contributed by atoms with Gasteiger partial charge in [-0.1, -0.05) is 17.7 Å². The molecule has 0 aromatic heterocycles. The van der Waals surface area contributed by atoms with E-state index in [9.17, 15) is 4.79 Å². The number of carbonyl (C=O) groups excluding carboxylic acids is 1. The standard InChI is InChI=1S/C14H22ClN3O/c1-10(2)18(3)7-6-17-9-12-5-4-11(14(16)19)8-13(12)15/h4-5,8,10,17H,6-7,9H2,1-3H3,(H2,16,19). The molecule has 0 fully saturated rings. The zero-order valence-electron chi connectivity index (χ0n) is 11.7. The first-order valence-corrected chi connectivity index (χ1v) is 6.78. The largest absolute Gasteiger partial charge is 0.366 e. The molecule has 0 aliphatic carbocycles. The smallest absolute Gasteiger partial charge is 0.248 e. The third-order valence-electron chi connectivity index (χ3n) is 3.18. The minimum absolute atomic E-state index is 0.438. The minimum atomic E-state index is -0.458. The van der Waals surface area contributed by atoms with E-state index in [1.165, 1.54) is 0 Å². The lowest BCUT2D eigenvalue weighted by Crippen LogP contribution is -2.33. The van der Waals surface area contributed by atoms with Crippen molar-refractivity contribution in [1.29, 1.82) is 0 Å². The third-order valence-corrected chi connectivity index (χ3v) is 3.53. The van der Waals surface area contributed by atoms with Crippen molar-refractivity contribution in [3.63, 3.8) is 0 Å². The highest BCUT2D eigenvalue weighted by molar-refractivity contribution is 6.31. The Hall–Kier alpha value is -1.10. The van der Waals surface area contributed by atoms with Crippen LogP contribution in [0.25, 0.3) is 0 Å². The summed E-state index contributed by atoms with van der Waals surface area (Å²) in [5, 5.41) is 3.91. The van der Waals surface area contributed by atoms with E-state index in [4.69, 9.17) is 17.3 Å². The van der Waals surface area contributed by atoms with Crippen molar-refractivity contribution >= 4 is 17.5 Å². The summed E-state index contributed by atoms with van der Waals surface area (Å²) in [6, 6.07) is 5.69. The first-order chi connectivity index (χ1) is 8.91. The molecule has 1 aromatic carbocycles. The Morgan fingerprint density at radius 3 is 2.68 bits per heavy atom. The zero-order valence-corrected chi connectivity index (χ0v) is 12.5. The molecule has 19 heavy (non-hydrogen) atoms. The number of hydrogen-bond acceptors (Lipinski definition) is 3. The first-order valence-electron chi connectivity index (χ1n) is 6.41. The van der Waals surface area contributed by atoms with Crippen LogP contribution >= 0.6 is 11.6 Å². The van der Waals surface area contributed by atoms with Gasteiger partial charge in [0.1, 0.15) is 0 Å². The molecule has 1 amide bonds. The van der Waals surface area contributed by atoms with E-state index in [0.717, 1.165) is 18.7 Å². The molecule has 5 heteroatoms. The van der Waals surface area contributed by atoms with Crippen LogP contribution in [0.2, 0.25) is 5.02 Å². The summed E-state index contributed by atoms with van der Waals surface area (Å²) in [6.07, 6.45) is 0. The molecule has 106 valence electrons. The summed E-state index contributed by atoms with van der Waals surface area (Å²) in [6.45, 7) is 6.89. The summed E-state index contributed by atoms with van der Waals surface area (Å²) < 4.78 is 0. The quantitative estimate of drug-likeness (QED) is 0.751. The van der Waals surface area contributed by atoms with Crippen LogP contribution in [0.3, 0.4) is 0 Å². The lowest BCUT2D eigenvalue weighted by molar-refractivity contribution is 0.100. The number of nitrogens with one attached hydrogen (secondary N) is 1. The van der Waals surface area contributed by atoms with Gasteiger partial charge in [-0.05, 0) is 38.6 Å². The summed E-state index contributed by atoms with van der Waals surface area (Å²) >= 11 is 6.11. The average molecular weight is 284 g/mol. The number of nitrogens with zero attached hydrogens (tertiary/aromatic N) is 1. The van der Waals surface area contributed by atoms with E-state index in [-0.39, 0.29) is 0 Å². The molecule has 0 heterocycles. The van der Waals surface area contributed by atoms with Gasteiger partial charge in [0.2, 0.25) is 5.91 Å². The topological polar surface area (TPSA) is 58.4 Å². The average Bonchev–Trinajstić information content (AvgIpc) is 2.35. The van der Waals surface area contributed by atoms with Crippen LogP contribution in [-0.4, -0.2) is 37.0 Å². The van der Waals surface area contributed by atoms with Crippen LogP contribution < -0.4 is 11.1 Å². The molecule has 0 bridgehead atoms. The van der Waals surface area contributed by atoms with E-state index >= 15 is 0 Å². The highest BCUT2D eigenvalue weighted by Crippen LogP contribution is 2.17. The number of primary amides is 1. The van der Waals surface area contributed by atoms with Gasteiger partial charge in [0.05, 0.1) is 0 Å². The molecule has 1 rings (SSSR count). The summed E-state index contributed by atoms with van der Waals surface area (Å²) in [4.78, 5) is 13.3. The van der Waals surface area contributed by atoms with Gasteiger partial charge in [-0.3, -0.25) is 4.79 Å². The Bertz CT molecular complexity index is 435. The number of nitrogens with two attached hydrogens (primary N) is 1. The molecule has 4 nitrogen and oxygen atoms in total. The normalized spacial score (nSPS) is 11.3. The van der Waals surface area contributed by atoms with Crippen molar-refractivity contribution in [3.05, 3.63) is 34.3 Å². The Morgan fingerprint density at radius 2 is 2.16 bits per heavy atom. The summed E-state index contributed by atoms with van der Waals surface area (Å²) in [5.74, 6) is -0.458. The van der Waals surface area contributed by atoms with Crippen LogP contribution in [0.15, 0.2) is 18.2 Å². The van der Waals surface area contributed by atoms with Crippen molar-refractivity contribution in [2.24, 2.45) is 5.73 Å². The number of benzene rings is 1. The van der Waals surface area contributed by atoms with Crippen molar-refractivity contribution in [2.75, 3.05) is 20.1 Å². The maximum absolute atomic E-state index is 11.0. The molecule has 0 unspecified atom stereocenters. The Labute approximate surface area is 119 Å². The van der Waals surface area contributed by atoms with E-state index in [1.54, 1.807) is 12.1 Å². The van der Waals surface area contributed by atoms with Crippen LogP contribution in [0.5, 0.6) is 0 Å². The van der Waals surface area contributed by atoms with E-state index < -0.39 is 5.91 Å². The Morgan fingerprint density at radius 1 is 1.47 bits per heavy atom. The molecule has 0 spiro atoms. The third kappa shape index (κ3) is 5.19. The predicted molar refractivity (Wildman–Crippen MR) is 79.4 cm³/mol. The van der Waals surface area contributed by atoms with Gasteiger partial charge >= 0.3 is 0 Å².